The number of hydrogen-bond acceptors (Lipinski definition) is 7. The standard InChI is InChI=1S/C25H25N3O3S2.ClH/c1-3-28-13-12-18-21(14-28)33-25(23(18)24-26-19-6-4-5-7-20(19)32-24)27-22(29)15-31-17-10-8-16(30-2)9-11-17;/h4-11H,3,12-15H2,1-2H3,(H,27,29);1H. The number of ether oxygens (including phenoxy) is 2. The molecule has 3 heterocycles. The van der Waals surface area contributed by atoms with Gasteiger partial charge in [0.05, 0.1) is 17.3 Å². The molecule has 34 heavy (non-hydrogen) atoms. The Kier molecular flexibility index (Phi) is 7.73. The van der Waals surface area contributed by atoms with E-state index in [1.807, 2.05) is 30.3 Å². The Morgan fingerprint density at radius 3 is 2.62 bits per heavy atom. The zero-order chi connectivity index (χ0) is 22.8. The van der Waals surface area contributed by atoms with Crippen LogP contribution in [0.15, 0.2) is 48.5 Å². The minimum Gasteiger partial charge on any atom is -0.497 e. The van der Waals surface area contributed by atoms with Crippen molar-refractivity contribution in [2.24, 2.45) is 0 Å². The first kappa shape index (κ1) is 24.5. The van der Waals surface area contributed by atoms with E-state index >= 15 is 0 Å². The fourth-order valence-electron chi connectivity index (χ4n) is 4.00. The molecule has 0 aliphatic carbocycles. The number of likely N-dealkylation sites (N-methyl/N-ethyl adjacent to an activating group) is 1. The second kappa shape index (κ2) is 10.7. The second-order valence-corrected chi connectivity index (χ2v) is 9.96. The largest absolute Gasteiger partial charge is 0.497 e. The summed E-state index contributed by atoms with van der Waals surface area (Å²) in [6, 6.07) is 15.4. The maximum absolute atomic E-state index is 12.8. The number of rotatable bonds is 7. The Labute approximate surface area is 212 Å². The van der Waals surface area contributed by atoms with E-state index in [0.29, 0.717) is 5.75 Å². The third-order valence-corrected chi connectivity index (χ3v) is 7.96. The molecule has 0 saturated carbocycles. The first-order chi connectivity index (χ1) is 16.1. The van der Waals surface area contributed by atoms with Gasteiger partial charge < -0.3 is 14.8 Å². The lowest BCUT2D eigenvalue weighted by molar-refractivity contribution is -0.118. The summed E-state index contributed by atoms with van der Waals surface area (Å²) in [5.41, 5.74) is 3.38. The van der Waals surface area contributed by atoms with Crippen molar-refractivity contribution in [3.8, 4) is 22.1 Å². The molecule has 1 aliphatic heterocycles. The maximum Gasteiger partial charge on any atom is 0.262 e. The minimum absolute atomic E-state index is 0. The topological polar surface area (TPSA) is 63.7 Å². The predicted octanol–water partition coefficient (Wildman–Crippen LogP) is 5.85. The Morgan fingerprint density at radius 1 is 1.12 bits per heavy atom. The lowest BCUT2D eigenvalue weighted by Gasteiger charge is -2.25. The molecule has 1 amide bonds. The highest BCUT2D eigenvalue weighted by atomic mass is 35.5. The molecule has 0 radical (unpaired) electrons. The summed E-state index contributed by atoms with van der Waals surface area (Å²) in [5, 5.41) is 4.94. The van der Waals surface area contributed by atoms with E-state index in [4.69, 9.17) is 14.5 Å². The van der Waals surface area contributed by atoms with Gasteiger partial charge in [-0.05, 0) is 54.9 Å². The van der Waals surface area contributed by atoms with Crippen molar-refractivity contribution in [2.75, 3.05) is 32.1 Å². The molecule has 5 rings (SSSR count). The number of methoxy groups -OCH3 is 1. The Bertz CT molecular complexity index is 1250. The Morgan fingerprint density at radius 2 is 1.88 bits per heavy atom. The summed E-state index contributed by atoms with van der Waals surface area (Å²) in [5.74, 6) is 1.19. The van der Waals surface area contributed by atoms with Crippen LogP contribution in [0.25, 0.3) is 20.8 Å². The number of amides is 1. The number of carbonyl (C=O) groups excluding carboxylic acids is 1. The third kappa shape index (κ3) is 5.05. The van der Waals surface area contributed by atoms with Gasteiger partial charge in [0.1, 0.15) is 21.5 Å². The normalized spacial score (nSPS) is 13.2. The second-order valence-electron chi connectivity index (χ2n) is 7.83. The molecular formula is C25H26ClN3O3S2. The predicted molar refractivity (Wildman–Crippen MR) is 142 cm³/mol. The van der Waals surface area contributed by atoms with E-state index < -0.39 is 0 Å². The van der Waals surface area contributed by atoms with Crippen molar-refractivity contribution < 1.29 is 14.3 Å². The number of hydrogen-bond donors (Lipinski definition) is 1. The zero-order valence-corrected chi connectivity index (χ0v) is 21.4. The maximum atomic E-state index is 12.8. The molecule has 1 N–H and O–H groups in total. The van der Waals surface area contributed by atoms with Gasteiger partial charge in [0.2, 0.25) is 0 Å². The molecule has 178 valence electrons. The van der Waals surface area contributed by atoms with Crippen molar-refractivity contribution in [1.29, 1.82) is 0 Å². The number of halogens is 1. The van der Waals surface area contributed by atoms with Crippen molar-refractivity contribution in [3.05, 3.63) is 59.0 Å². The van der Waals surface area contributed by atoms with Crippen LogP contribution in [0, 0.1) is 0 Å². The third-order valence-electron chi connectivity index (χ3n) is 5.77. The van der Waals surface area contributed by atoms with Gasteiger partial charge in [0, 0.05) is 23.5 Å². The number of thiophene rings is 1. The summed E-state index contributed by atoms with van der Waals surface area (Å²) in [6.07, 6.45) is 0.961. The highest BCUT2D eigenvalue weighted by Gasteiger charge is 2.27. The van der Waals surface area contributed by atoms with Gasteiger partial charge in [-0.3, -0.25) is 9.69 Å². The molecule has 6 nitrogen and oxygen atoms in total. The smallest absolute Gasteiger partial charge is 0.262 e. The average molecular weight is 516 g/mol. The fourth-order valence-corrected chi connectivity index (χ4v) is 6.42. The molecule has 0 unspecified atom stereocenters. The molecule has 0 spiro atoms. The average Bonchev–Trinajstić information content (AvgIpc) is 3.42. The summed E-state index contributed by atoms with van der Waals surface area (Å²) in [4.78, 5) is 21.5. The van der Waals surface area contributed by atoms with Crippen LogP contribution in [0.2, 0.25) is 0 Å². The van der Waals surface area contributed by atoms with Crippen LogP contribution < -0.4 is 14.8 Å². The zero-order valence-electron chi connectivity index (χ0n) is 19.0. The number of anilines is 1. The van der Waals surface area contributed by atoms with Gasteiger partial charge in [-0.15, -0.1) is 35.1 Å². The summed E-state index contributed by atoms with van der Waals surface area (Å²) in [7, 11) is 1.62. The molecule has 2 aromatic heterocycles. The quantitative estimate of drug-likeness (QED) is 0.334. The first-order valence-corrected chi connectivity index (χ1v) is 12.6. The summed E-state index contributed by atoms with van der Waals surface area (Å²) in [6.45, 7) is 5.07. The number of para-hydroxylation sites is 1. The molecular weight excluding hydrogens is 490 g/mol. The molecule has 4 aromatic rings. The van der Waals surface area contributed by atoms with Crippen molar-refractivity contribution in [3.63, 3.8) is 0 Å². The molecule has 1 aliphatic rings. The van der Waals surface area contributed by atoms with E-state index in [9.17, 15) is 4.79 Å². The van der Waals surface area contributed by atoms with Crippen LogP contribution in [0.4, 0.5) is 5.00 Å². The van der Waals surface area contributed by atoms with Gasteiger partial charge in [0.15, 0.2) is 6.61 Å². The van der Waals surface area contributed by atoms with E-state index in [1.165, 1.54) is 10.4 Å². The summed E-state index contributed by atoms with van der Waals surface area (Å²) < 4.78 is 12.0. The van der Waals surface area contributed by atoms with E-state index in [2.05, 4.69) is 23.2 Å². The monoisotopic (exact) mass is 515 g/mol. The van der Waals surface area contributed by atoms with Gasteiger partial charge >= 0.3 is 0 Å². The SMILES string of the molecule is CCN1CCc2c(sc(NC(=O)COc3ccc(OC)cc3)c2-c2nc3ccccc3s2)C1.Cl. The number of thiazole rings is 1. The van der Waals surface area contributed by atoms with Gasteiger partial charge in [0.25, 0.3) is 5.91 Å². The fraction of sp³-hybridized carbons (Fsp3) is 0.280. The van der Waals surface area contributed by atoms with Gasteiger partial charge in [-0.1, -0.05) is 19.1 Å². The number of carbonyl (C=O) groups is 1. The van der Waals surface area contributed by atoms with Crippen molar-refractivity contribution in [1.82, 2.24) is 9.88 Å². The van der Waals surface area contributed by atoms with Crippen LogP contribution in [-0.4, -0.2) is 42.6 Å². The lowest BCUT2D eigenvalue weighted by Crippen LogP contribution is -2.29. The molecule has 0 bridgehead atoms. The Hall–Kier alpha value is -2.65. The van der Waals surface area contributed by atoms with E-state index in [1.54, 1.807) is 41.9 Å². The van der Waals surface area contributed by atoms with Crippen molar-refractivity contribution in [2.45, 2.75) is 19.9 Å². The highest BCUT2D eigenvalue weighted by molar-refractivity contribution is 7.22. The highest BCUT2D eigenvalue weighted by Crippen LogP contribution is 2.45. The van der Waals surface area contributed by atoms with Gasteiger partial charge in [-0.25, -0.2) is 4.98 Å². The lowest BCUT2D eigenvalue weighted by atomic mass is 10.0. The van der Waals surface area contributed by atoms with Crippen LogP contribution in [0.3, 0.4) is 0 Å². The van der Waals surface area contributed by atoms with Gasteiger partial charge in [-0.2, -0.15) is 0 Å². The summed E-state index contributed by atoms with van der Waals surface area (Å²) >= 11 is 3.34. The van der Waals surface area contributed by atoms with Crippen molar-refractivity contribution >= 4 is 56.2 Å². The molecule has 0 saturated heterocycles. The number of fused-ring (bicyclic) bond motifs is 2. The number of nitrogens with one attached hydrogen (secondary N) is 1. The molecule has 0 fully saturated rings. The Balaban J connectivity index is 0.00000274. The van der Waals surface area contributed by atoms with Crippen LogP contribution in [-0.2, 0) is 17.8 Å². The molecule has 2 aromatic carbocycles. The first-order valence-electron chi connectivity index (χ1n) is 10.9. The number of benzene rings is 2. The minimum atomic E-state index is -0.181. The van der Waals surface area contributed by atoms with Crippen LogP contribution >= 0.6 is 35.1 Å². The van der Waals surface area contributed by atoms with E-state index in [-0.39, 0.29) is 24.9 Å². The number of aromatic nitrogens is 1. The molecule has 9 heteroatoms. The number of nitrogens with zero attached hydrogens (tertiary/aromatic N) is 2. The molecule has 0 atom stereocenters. The van der Waals surface area contributed by atoms with E-state index in [0.717, 1.165) is 57.6 Å². The van der Waals surface area contributed by atoms with Crippen LogP contribution in [0.1, 0.15) is 17.4 Å². The van der Waals surface area contributed by atoms with Crippen LogP contribution in [0.5, 0.6) is 11.5 Å².